The molecule has 0 saturated carbocycles. The van der Waals surface area contributed by atoms with Crippen LogP contribution < -0.4 is 0 Å². The highest BCUT2D eigenvalue weighted by Gasteiger charge is 2.21. The molecule has 4 heteroatoms. The molecule has 4 nitrogen and oxygen atoms in total. The molecule has 0 spiro atoms. The molecule has 0 aliphatic rings. The van der Waals surface area contributed by atoms with Crippen LogP contribution in [-0.4, -0.2) is 15.0 Å². The van der Waals surface area contributed by atoms with Crippen molar-refractivity contribution < 1.29 is 18.1 Å². The fourth-order valence-electron chi connectivity index (χ4n) is 6.63. The average molecular weight is 662 g/mol. The molecule has 0 aliphatic carbocycles. The van der Waals surface area contributed by atoms with Crippen molar-refractivity contribution in [2.45, 2.75) is 0 Å². The molecular weight excluding hydrogens is 623 g/mol. The molecule has 0 bridgehead atoms. The van der Waals surface area contributed by atoms with E-state index in [0.29, 0.717) is 27.5 Å². The number of hydrogen-bond donors (Lipinski definition) is 0. The van der Waals surface area contributed by atoms with Crippen LogP contribution in [0.5, 0.6) is 0 Å². The molecule has 0 unspecified atom stereocenters. The van der Waals surface area contributed by atoms with Crippen LogP contribution in [0.15, 0.2) is 180 Å². The molecule has 0 atom stereocenters. The van der Waals surface area contributed by atoms with Gasteiger partial charge in [0.2, 0.25) is 0 Å². The fourth-order valence-corrected chi connectivity index (χ4v) is 6.63. The summed E-state index contributed by atoms with van der Waals surface area (Å²) in [6.45, 7) is 0. The summed E-state index contributed by atoms with van der Waals surface area (Å²) in [6, 6.07) is 32.2. The smallest absolute Gasteiger partial charge is 0.164 e. The summed E-state index contributed by atoms with van der Waals surface area (Å²) in [4.78, 5) is 13.9. The van der Waals surface area contributed by atoms with Crippen LogP contribution in [0.1, 0.15) is 13.7 Å². The maximum atomic E-state index is 8.78. The highest BCUT2D eigenvalue weighted by Crippen LogP contribution is 2.43. The summed E-state index contributed by atoms with van der Waals surface area (Å²) >= 11 is 0. The minimum atomic E-state index is -0.617. The predicted molar refractivity (Wildman–Crippen MR) is 209 cm³/mol. The number of fused-ring (bicyclic) bond motifs is 5. The highest BCUT2D eigenvalue weighted by molar-refractivity contribution is 6.18. The average Bonchev–Trinajstić information content (AvgIpc) is 3.66. The van der Waals surface area contributed by atoms with E-state index in [0.717, 1.165) is 43.8 Å². The summed E-state index contributed by atoms with van der Waals surface area (Å²) in [5.41, 5.74) is 4.51. The van der Waals surface area contributed by atoms with E-state index in [1.54, 1.807) is 6.07 Å². The van der Waals surface area contributed by atoms with Gasteiger partial charge in [-0.15, -0.1) is 0 Å². The second-order valence-corrected chi connectivity index (χ2v) is 12.1. The molecule has 10 aromatic rings. The lowest BCUT2D eigenvalue weighted by Gasteiger charge is -2.11. The van der Waals surface area contributed by atoms with Gasteiger partial charge >= 0.3 is 0 Å². The van der Waals surface area contributed by atoms with Crippen LogP contribution in [0, 0.1) is 0 Å². The summed E-state index contributed by atoms with van der Waals surface area (Å²) in [7, 11) is 0. The van der Waals surface area contributed by atoms with Crippen molar-refractivity contribution in [3.8, 4) is 56.4 Å². The quantitative estimate of drug-likeness (QED) is 0.184. The Bertz CT molecular complexity index is 3350. The van der Waals surface area contributed by atoms with Crippen molar-refractivity contribution in [1.82, 2.24) is 15.0 Å². The zero-order valence-corrected chi connectivity index (χ0v) is 26.7. The molecule has 10 rings (SSSR count). The Morgan fingerprint density at radius 2 is 0.941 bits per heavy atom. The van der Waals surface area contributed by atoms with Crippen molar-refractivity contribution >= 4 is 43.5 Å². The number of rotatable bonds is 5. The third-order valence-electron chi connectivity index (χ3n) is 9.09. The Hall–Kier alpha value is -6.91. The van der Waals surface area contributed by atoms with Crippen molar-refractivity contribution in [2.75, 3.05) is 0 Å². The van der Waals surface area contributed by atoms with Gasteiger partial charge in [0.1, 0.15) is 11.2 Å². The molecule has 2 aromatic heterocycles. The first-order chi connectivity index (χ1) is 29.4. The van der Waals surface area contributed by atoms with Crippen LogP contribution in [0.4, 0.5) is 0 Å². The molecule has 0 saturated heterocycles. The van der Waals surface area contributed by atoms with Crippen molar-refractivity contribution in [1.29, 1.82) is 0 Å². The zero-order chi connectivity index (χ0) is 42.4. The van der Waals surface area contributed by atoms with E-state index >= 15 is 0 Å². The van der Waals surface area contributed by atoms with Gasteiger partial charge in [-0.1, -0.05) is 145 Å². The summed E-state index contributed by atoms with van der Waals surface area (Å²) in [5.74, 6) is -0.732. The van der Waals surface area contributed by atoms with Gasteiger partial charge < -0.3 is 4.42 Å². The molecule has 0 N–H and O–H groups in total. The SMILES string of the molecule is [2H]c1c([2H])c([2H])c(-c2nc(-c3c([2H])c([2H])c([2H])c([2H])c3[2H])nc(-c3ccc(-c4ccc(-c5ccc6ccccc6c5)cc4)c4oc5cc6ccccc6cc5c34)n2)c([2H])c1[2H]. The Morgan fingerprint density at radius 3 is 1.61 bits per heavy atom. The Kier molecular flexibility index (Phi) is 4.80. The Balaban J connectivity index is 1.24. The van der Waals surface area contributed by atoms with E-state index in [9.17, 15) is 0 Å². The van der Waals surface area contributed by atoms with E-state index < -0.39 is 60.4 Å². The molecule has 0 aliphatic heterocycles. The molecule has 8 aromatic carbocycles. The maximum absolute atomic E-state index is 8.78. The molecule has 0 fully saturated rings. The third-order valence-corrected chi connectivity index (χ3v) is 9.09. The summed E-state index contributed by atoms with van der Waals surface area (Å²) < 4.78 is 91.8. The lowest BCUT2D eigenvalue weighted by atomic mass is 9.95. The minimum absolute atomic E-state index is 0.0438. The monoisotopic (exact) mass is 661 g/mol. The second kappa shape index (κ2) is 11.9. The lowest BCUT2D eigenvalue weighted by molar-refractivity contribution is 0.670. The predicted octanol–water partition coefficient (Wildman–Crippen LogP) is 12.4. The second-order valence-electron chi connectivity index (χ2n) is 12.1. The van der Waals surface area contributed by atoms with Crippen LogP contribution in [-0.2, 0) is 0 Å². The minimum Gasteiger partial charge on any atom is -0.455 e. The van der Waals surface area contributed by atoms with Gasteiger partial charge in [-0.25, -0.2) is 15.0 Å². The molecule has 51 heavy (non-hydrogen) atoms. The van der Waals surface area contributed by atoms with Gasteiger partial charge in [-0.05, 0) is 68.6 Å². The fraction of sp³-hybridized carbons (Fsp3) is 0. The van der Waals surface area contributed by atoms with Gasteiger partial charge in [0.25, 0.3) is 0 Å². The largest absolute Gasteiger partial charge is 0.455 e. The van der Waals surface area contributed by atoms with Crippen LogP contribution in [0.3, 0.4) is 0 Å². The molecule has 0 amide bonds. The van der Waals surface area contributed by atoms with Gasteiger partial charge in [-0.2, -0.15) is 0 Å². The molecule has 0 radical (unpaired) electrons. The van der Waals surface area contributed by atoms with E-state index in [4.69, 9.17) is 28.1 Å². The first-order valence-electron chi connectivity index (χ1n) is 21.3. The van der Waals surface area contributed by atoms with E-state index in [2.05, 4.69) is 47.4 Å². The summed E-state index contributed by atoms with van der Waals surface area (Å²) in [6.07, 6.45) is 0. The first-order valence-corrected chi connectivity index (χ1v) is 16.3. The molecule has 238 valence electrons. The summed E-state index contributed by atoms with van der Waals surface area (Å²) in [5, 5.41) is 5.49. The van der Waals surface area contributed by atoms with E-state index in [1.807, 2.05) is 66.7 Å². The maximum Gasteiger partial charge on any atom is 0.164 e. The topological polar surface area (TPSA) is 51.8 Å². The van der Waals surface area contributed by atoms with Crippen LogP contribution in [0.25, 0.3) is 99.9 Å². The lowest BCUT2D eigenvalue weighted by Crippen LogP contribution is -2.00. The normalized spacial score (nSPS) is 14.3. The van der Waals surface area contributed by atoms with Gasteiger partial charge in [0.15, 0.2) is 17.5 Å². The van der Waals surface area contributed by atoms with Crippen molar-refractivity contribution in [3.05, 3.63) is 176 Å². The number of nitrogens with zero attached hydrogens (tertiary/aromatic N) is 3. The first kappa shape index (κ1) is 20.6. The molecule has 2 heterocycles. The standard InChI is InChI=1S/C47H29N3O/c1-3-12-33(13-4-1)45-48-46(34-14-5-2-6-15-34)50-47(49-45)40-26-25-39(44-43(40)41-28-36-17-9-10-18-37(36)29-42(41)51-44)32-22-19-31(20-23-32)38-24-21-30-11-7-8-16-35(30)27-38/h1-29H/i1D,2D,3D,4D,5D,6D,12D,13D,14D,15D. The Morgan fingerprint density at radius 1 is 0.412 bits per heavy atom. The number of hydrogen-bond acceptors (Lipinski definition) is 4. The van der Waals surface area contributed by atoms with Crippen LogP contribution >= 0.6 is 0 Å². The van der Waals surface area contributed by atoms with Crippen molar-refractivity contribution in [2.24, 2.45) is 0 Å². The van der Waals surface area contributed by atoms with E-state index in [-0.39, 0.29) is 28.6 Å². The van der Waals surface area contributed by atoms with Gasteiger partial charge in [0, 0.05) is 33.0 Å². The number of aromatic nitrogens is 3. The van der Waals surface area contributed by atoms with E-state index in [1.165, 1.54) is 0 Å². The third kappa shape index (κ3) is 5.13. The number of furan rings is 1. The number of benzene rings is 8. The highest BCUT2D eigenvalue weighted by atomic mass is 16.3. The van der Waals surface area contributed by atoms with Gasteiger partial charge in [0.05, 0.1) is 13.7 Å². The Labute approximate surface area is 308 Å². The molecular formula is C47H29N3O. The zero-order valence-electron chi connectivity index (χ0n) is 36.7. The van der Waals surface area contributed by atoms with Gasteiger partial charge in [-0.3, -0.25) is 0 Å². The van der Waals surface area contributed by atoms with Crippen LogP contribution in [0.2, 0.25) is 0 Å². The van der Waals surface area contributed by atoms with Crippen molar-refractivity contribution in [3.63, 3.8) is 0 Å².